The quantitative estimate of drug-likeness (QED) is 0.768. The summed E-state index contributed by atoms with van der Waals surface area (Å²) in [6.45, 7) is 2.97. The Hall–Kier alpha value is -1.75. The van der Waals surface area contributed by atoms with Crippen LogP contribution in [0.4, 0.5) is 0 Å². The Balaban J connectivity index is 1.71. The summed E-state index contributed by atoms with van der Waals surface area (Å²) in [7, 11) is 3.23. The minimum absolute atomic E-state index is 0.112. The van der Waals surface area contributed by atoms with Gasteiger partial charge >= 0.3 is 0 Å². The highest BCUT2D eigenvalue weighted by Crippen LogP contribution is 2.27. The fraction of sp³-hybridized carbons (Fsp3) is 0.588. The Morgan fingerprint density at radius 2 is 2.14 bits per heavy atom. The number of aryl methyl sites for hydroxylation is 1. The van der Waals surface area contributed by atoms with Crippen molar-refractivity contribution in [2.75, 3.05) is 33.9 Å². The molecule has 0 aliphatic carbocycles. The van der Waals surface area contributed by atoms with Crippen molar-refractivity contribution in [3.63, 3.8) is 0 Å². The molecule has 2 rings (SSSR count). The van der Waals surface area contributed by atoms with Crippen molar-refractivity contribution in [1.29, 1.82) is 0 Å². The van der Waals surface area contributed by atoms with Gasteiger partial charge in [-0.25, -0.2) is 0 Å². The van der Waals surface area contributed by atoms with Crippen LogP contribution in [-0.4, -0.2) is 39.8 Å². The number of nitrogens with one attached hydrogen (secondary N) is 2. The molecular formula is C17H26N2O3. The molecule has 1 saturated heterocycles. The van der Waals surface area contributed by atoms with Gasteiger partial charge in [-0.2, -0.15) is 0 Å². The van der Waals surface area contributed by atoms with Gasteiger partial charge in [0.1, 0.15) is 0 Å². The van der Waals surface area contributed by atoms with E-state index in [1.807, 2.05) is 18.2 Å². The summed E-state index contributed by atoms with van der Waals surface area (Å²) in [5, 5.41) is 6.35. The van der Waals surface area contributed by atoms with Crippen LogP contribution in [0, 0.1) is 5.92 Å². The Kier molecular flexibility index (Phi) is 6.52. The minimum Gasteiger partial charge on any atom is -0.493 e. The predicted molar refractivity (Wildman–Crippen MR) is 86.5 cm³/mol. The van der Waals surface area contributed by atoms with Gasteiger partial charge < -0.3 is 20.1 Å². The molecule has 0 saturated carbocycles. The standard InChI is InChI=1S/C17H26N2O3/c1-21-15-5-3-13(11-16(15)22-2)4-6-17(20)19-10-8-14-7-9-18-12-14/h3,5,11,14,18H,4,6-10,12H2,1-2H3,(H,19,20). The number of rotatable bonds is 8. The first-order chi connectivity index (χ1) is 10.7. The highest BCUT2D eigenvalue weighted by molar-refractivity contribution is 5.76. The number of ether oxygens (including phenoxy) is 2. The van der Waals surface area contributed by atoms with Crippen molar-refractivity contribution in [1.82, 2.24) is 10.6 Å². The van der Waals surface area contributed by atoms with Gasteiger partial charge in [-0.3, -0.25) is 4.79 Å². The van der Waals surface area contributed by atoms with E-state index in [9.17, 15) is 4.79 Å². The molecule has 1 amide bonds. The lowest BCUT2D eigenvalue weighted by atomic mass is 10.1. The van der Waals surface area contributed by atoms with E-state index in [1.54, 1.807) is 14.2 Å². The van der Waals surface area contributed by atoms with E-state index in [2.05, 4.69) is 10.6 Å². The molecule has 5 heteroatoms. The van der Waals surface area contributed by atoms with E-state index in [1.165, 1.54) is 6.42 Å². The Morgan fingerprint density at radius 3 is 2.82 bits per heavy atom. The zero-order chi connectivity index (χ0) is 15.8. The van der Waals surface area contributed by atoms with Crippen LogP contribution in [-0.2, 0) is 11.2 Å². The normalized spacial score (nSPS) is 17.3. The molecule has 1 fully saturated rings. The molecule has 0 aromatic heterocycles. The highest BCUT2D eigenvalue weighted by Gasteiger charge is 2.14. The second-order valence-electron chi connectivity index (χ2n) is 5.69. The lowest BCUT2D eigenvalue weighted by Gasteiger charge is -2.11. The molecule has 0 spiro atoms. The third-order valence-electron chi connectivity index (χ3n) is 4.13. The van der Waals surface area contributed by atoms with E-state index in [0.717, 1.165) is 31.6 Å². The first-order valence-corrected chi connectivity index (χ1v) is 7.91. The first-order valence-electron chi connectivity index (χ1n) is 7.91. The molecular weight excluding hydrogens is 280 g/mol. The van der Waals surface area contributed by atoms with Gasteiger partial charge in [0.2, 0.25) is 5.91 Å². The first kappa shape index (κ1) is 16.6. The Morgan fingerprint density at radius 1 is 1.32 bits per heavy atom. The number of methoxy groups -OCH3 is 2. The van der Waals surface area contributed by atoms with Crippen LogP contribution in [0.15, 0.2) is 18.2 Å². The third-order valence-corrected chi connectivity index (χ3v) is 4.13. The molecule has 1 aliphatic heterocycles. The molecule has 1 aromatic rings. The van der Waals surface area contributed by atoms with Crippen molar-refractivity contribution in [2.45, 2.75) is 25.7 Å². The summed E-state index contributed by atoms with van der Waals surface area (Å²) in [6, 6.07) is 5.77. The van der Waals surface area contributed by atoms with Crippen LogP contribution in [0.3, 0.4) is 0 Å². The average Bonchev–Trinajstić information content (AvgIpc) is 3.06. The predicted octanol–water partition coefficient (Wildman–Crippen LogP) is 1.75. The Labute approximate surface area is 132 Å². The minimum atomic E-state index is 0.112. The fourth-order valence-corrected chi connectivity index (χ4v) is 2.76. The molecule has 1 atom stereocenters. The van der Waals surface area contributed by atoms with E-state index in [4.69, 9.17) is 9.47 Å². The summed E-state index contributed by atoms with van der Waals surface area (Å²) in [5.41, 5.74) is 1.08. The SMILES string of the molecule is COc1ccc(CCC(=O)NCCC2CCNC2)cc1OC. The molecule has 1 aliphatic rings. The van der Waals surface area contributed by atoms with Crippen LogP contribution in [0.1, 0.15) is 24.8 Å². The molecule has 0 bridgehead atoms. The number of benzene rings is 1. The second kappa shape index (κ2) is 8.63. The topological polar surface area (TPSA) is 59.6 Å². The molecule has 1 aromatic carbocycles. The van der Waals surface area contributed by atoms with E-state index in [-0.39, 0.29) is 5.91 Å². The lowest BCUT2D eigenvalue weighted by molar-refractivity contribution is -0.121. The molecule has 1 heterocycles. The third kappa shape index (κ3) is 4.91. The zero-order valence-corrected chi connectivity index (χ0v) is 13.5. The zero-order valence-electron chi connectivity index (χ0n) is 13.5. The Bertz CT molecular complexity index is 485. The number of amides is 1. The maximum atomic E-state index is 11.9. The van der Waals surface area contributed by atoms with Crippen LogP contribution < -0.4 is 20.1 Å². The molecule has 122 valence electrons. The average molecular weight is 306 g/mol. The van der Waals surface area contributed by atoms with Gasteiger partial charge in [0.15, 0.2) is 11.5 Å². The summed E-state index contributed by atoms with van der Waals surface area (Å²) in [4.78, 5) is 11.9. The molecule has 0 radical (unpaired) electrons. The maximum Gasteiger partial charge on any atom is 0.220 e. The van der Waals surface area contributed by atoms with Crippen molar-refractivity contribution in [3.8, 4) is 11.5 Å². The summed E-state index contributed by atoms with van der Waals surface area (Å²) >= 11 is 0. The number of hydrogen-bond donors (Lipinski definition) is 2. The molecule has 2 N–H and O–H groups in total. The van der Waals surface area contributed by atoms with Crippen molar-refractivity contribution < 1.29 is 14.3 Å². The summed E-state index contributed by atoms with van der Waals surface area (Å²) < 4.78 is 10.5. The largest absolute Gasteiger partial charge is 0.493 e. The second-order valence-corrected chi connectivity index (χ2v) is 5.69. The van der Waals surface area contributed by atoms with Gasteiger partial charge in [-0.1, -0.05) is 6.07 Å². The van der Waals surface area contributed by atoms with Crippen LogP contribution in [0.5, 0.6) is 11.5 Å². The number of carbonyl (C=O) groups excluding carboxylic acids is 1. The van der Waals surface area contributed by atoms with E-state index >= 15 is 0 Å². The summed E-state index contributed by atoms with van der Waals surface area (Å²) in [6.07, 6.45) is 3.49. The lowest BCUT2D eigenvalue weighted by Crippen LogP contribution is -2.26. The number of carbonyl (C=O) groups is 1. The molecule has 5 nitrogen and oxygen atoms in total. The number of hydrogen-bond acceptors (Lipinski definition) is 4. The van der Waals surface area contributed by atoms with Gasteiger partial charge in [-0.15, -0.1) is 0 Å². The molecule has 22 heavy (non-hydrogen) atoms. The summed E-state index contributed by atoms with van der Waals surface area (Å²) in [5.74, 6) is 2.24. The fourth-order valence-electron chi connectivity index (χ4n) is 2.76. The van der Waals surface area contributed by atoms with E-state index in [0.29, 0.717) is 30.3 Å². The maximum absolute atomic E-state index is 11.9. The van der Waals surface area contributed by atoms with Gasteiger partial charge in [0, 0.05) is 13.0 Å². The van der Waals surface area contributed by atoms with Crippen LogP contribution >= 0.6 is 0 Å². The smallest absolute Gasteiger partial charge is 0.220 e. The highest BCUT2D eigenvalue weighted by atomic mass is 16.5. The monoisotopic (exact) mass is 306 g/mol. The van der Waals surface area contributed by atoms with Gasteiger partial charge in [-0.05, 0) is 56.0 Å². The van der Waals surface area contributed by atoms with Gasteiger partial charge in [0.25, 0.3) is 0 Å². The van der Waals surface area contributed by atoms with Crippen LogP contribution in [0.2, 0.25) is 0 Å². The van der Waals surface area contributed by atoms with Crippen molar-refractivity contribution in [2.24, 2.45) is 5.92 Å². The van der Waals surface area contributed by atoms with E-state index < -0.39 is 0 Å². The van der Waals surface area contributed by atoms with Crippen LogP contribution in [0.25, 0.3) is 0 Å². The molecule has 1 unspecified atom stereocenters. The van der Waals surface area contributed by atoms with Gasteiger partial charge in [0.05, 0.1) is 14.2 Å². The van der Waals surface area contributed by atoms with Crippen molar-refractivity contribution in [3.05, 3.63) is 23.8 Å². The van der Waals surface area contributed by atoms with Crippen molar-refractivity contribution >= 4 is 5.91 Å².